The number of nitrogens with one attached hydrogen (secondary N) is 2. The second-order valence-electron chi connectivity index (χ2n) is 4.75. The Morgan fingerprint density at radius 2 is 2.42 bits per heavy atom. The molecule has 1 aliphatic heterocycles. The van der Waals surface area contributed by atoms with Crippen molar-refractivity contribution in [3.63, 3.8) is 0 Å². The zero-order chi connectivity index (χ0) is 13.5. The van der Waals surface area contributed by atoms with Crippen molar-refractivity contribution >= 4 is 5.91 Å². The zero-order valence-electron chi connectivity index (χ0n) is 11.3. The Balaban J connectivity index is 1.88. The van der Waals surface area contributed by atoms with Crippen LogP contribution in [0.3, 0.4) is 0 Å². The first-order valence-corrected chi connectivity index (χ1v) is 6.80. The predicted octanol–water partition coefficient (Wildman–Crippen LogP) is 1.24. The molecular weight excluding hydrogens is 242 g/mol. The largest absolute Gasteiger partial charge is 0.481 e. The minimum atomic E-state index is -0.0647. The van der Waals surface area contributed by atoms with Crippen molar-refractivity contribution in [3.8, 4) is 5.88 Å². The lowest BCUT2D eigenvalue weighted by molar-refractivity contribution is -0.123. The first-order chi connectivity index (χ1) is 9.31. The molecule has 0 aromatic carbocycles. The van der Waals surface area contributed by atoms with E-state index >= 15 is 0 Å². The van der Waals surface area contributed by atoms with Crippen LogP contribution in [0.5, 0.6) is 5.88 Å². The van der Waals surface area contributed by atoms with Gasteiger partial charge in [0.1, 0.15) is 0 Å². The summed E-state index contributed by atoms with van der Waals surface area (Å²) in [6.07, 6.45) is 6.06. The molecule has 2 N–H and O–H groups in total. The second kappa shape index (κ2) is 7.09. The maximum atomic E-state index is 12.1. The molecule has 0 bridgehead atoms. The van der Waals surface area contributed by atoms with Crippen LogP contribution in [0.25, 0.3) is 0 Å². The quantitative estimate of drug-likeness (QED) is 0.858. The summed E-state index contributed by atoms with van der Waals surface area (Å²) < 4.78 is 5.17. The first kappa shape index (κ1) is 13.8. The van der Waals surface area contributed by atoms with Crippen LogP contribution in [-0.4, -0.2) is 30.6 Å². The molecule has 1 aromatic rings. The van der Waals surface area contributed by atoms with Crippen LogP contribution in [-0.2, 0) is 11.3 Å². The molecule has 2 rings (SSSR count). The number of nitrogens with zero attached hydrogens (tertiary/aromatic N) is 1. The molecule has 1 amide bonds. The molecule has 1 atom stereocenters. The number of amides is 1. The summed E-state index contributed by atoms with van der Waals surface area (Å²) in [5, 5.41) is 6.24. The molecule has 0 saturated carbocycles. The van der Waals surface area contributed by atoms with E-state index in [1.807, 2.05) is 12.1 Å². The number of hydrogen-bond acceptors (Lipinski definition) is 4. The van der Waals surface area contributed by atoms with Crippen molar-refractivity contribution in [3.05, 3.63) is 23.9 Å². The van der Waals surface area contributed by atoms with Gasteiger partial charge >= 0.3 is 0 Å². The Hall–Kier alpha value is -1.62. The minimum absolute atomic E-state index is 0.0628. The van der Waals surface area contributed by atoms with Crippen molar-refractivity contribution in [2.24, 2.45) is 0 Å². The number of aromatic nitrogens is 1. The maximum Gasteiger partial charge on any atom is 0.237 e. The van der Waals surface area contributed by atoms with Gasteiger partial charge in [0.2, 0.25) is 11.8 Å². The number of ether oxygens (including phenoxy) is 1. The zero-order valence-corrected chi connectivity index (χ0v) is 11.3. The van der Waals surface area contributed by atoms with Crippen LogP contribution in [0.1, 0.15) is 31.2 Å². The lowest BCUT2D eigenvalue weighted by Crippen LogP contribution is -2.43. The van der Waals surface area contributed by atoms with Gasteiger partial charge in [0.25, 0.3) is 0 Å². The van der Waals surface area contributed by atoms with Gasteiger partial charge < -0.3 is 15.4 Å². The van der Waals surface area contributed by atoms with E-state index in [1.165, 1.54) is 6.42 Å². The molecule has 1 aromatic heterocycles. The Morgan fingerprint density at radius 1 is 1.53 bits per heavy atom. The molecule has 0 radical (unpaired) electrons. The molecule has 2 heterocycles. The van der Waals surface area contributed by atoms with Crippen LogP contribution < -0.4 is 15.4 Å². The van der Waals surface area contributed by atoms with Crippen LogP contribution in [0.2, 0.25) is 0 Å². The highest BCUT2D eigenvalue weighted by Crippen LogP contribution is 2.13. The topological polar surface area (TPSA) is 63.2 Å². The van der Waals surface area contributed by atoms with Gasteiger partial charge in [-0.2, -0.15) is 0 Å². The van der Waals surface area contributed by atoms with E-state index in [9.17, 15) is 4.79 Å². The summed E-state index contributed by atoms with van der Waals surface area (Å²) in [5.41, 5.74) is 0.895. The van der Waals surface area contributed by atoms with Crippen molar-refractivity contribution in [2.45, 2.75) is 38.3 Å². The van der Waals surface area contributed by atoms with Crippen molar-refractivity contribution in [1.82, 2.24) is 15.6 Å². The molecule has 1 saturated heterocycles. The SMILES string of the molecule is COc1ncccc1CNC(=O)C1CCCCCN1. The van der Waals surface area contributed by atoms with Crippen LogP contribution >= 0.6 is 0 Å². The summed E-state index contributed by atoms with van der Waals surface area (Å²) >= 11 is 0. The third kappa shape index (κ3) is 3.92. The van der Waals surface area contributed by atoms with Gasteiger partial charge in [0, 0.05) is 18.3 Å². The average Bonchev–Trinajstić information content (AvgIpc) is 2.74. The van der Waals surface area contributed by atoms with Crippen molar-refractivity contribution < 1.29 is 9.53 Å². The molecule has 1 unspecified atom stereocenters. The van der Waals surface area contributed by atoms with Crippen LogP contribution in [0.15, 0.2) is 18.3 Å². The highest BCUT2D eigenvalue weighted by molar-refractivity contribution is 5.81. The average molecular weight is 263 g/mol. The van der Waals surface area contributed by atoms with Gasteiger partial charge in [-0.3, -0.25) is 4.79 Å². The van der Waals surface area contributed by atoms with Gasteiger partial charge in [-0.25, -0.2) is 4.98 Å². The van der Waals surface area contributed by atoms with Gasteiger partial charge in [-0.15, -0.1) is 0 Å². The Morgan fingerprint density at radius 3 is 3.26 bits per heavy atom. The molecule has 19 heavy (non-hydrogen) atoms. The fraction of sp³-hybridized carbons (Fsp3) is 0.571. The summed E-state index contributed by atoms with van der Waals surface area (Å²) in [6, 6.07) is 3.69. The van der Waals surface area contributed by atoms with E-state index in [0.29, 0.717) is 12.4 Å². The Bertz CT molecular complexity index is 415. The molecule has 104 valence electrons. The number of methoxy groups -OCH3 is 1. The number of carbonyl (C=O) groups excluding carboxylic acids is 1. The first-order valence-electron chi connectivity index (χ1n) is 6.80. The smallest absolute Gasteiger partial charge is 0.237 e. The van der Waals surface area contributed by atoms with Crippen LogP contribution in [0, 0.1) is 0 Å². The Labute approximate surface area is 113 Å². The Kier molecular flexibility index (Phi) is 5.15. The predicted molar refractivity (Wildman–Crippen MR) is 72.9 cm³/mol. The standard InChI is InChI=1S/C14H21N3O2/c1-19-14-11(6-5-9-16-14)10-17-13(18)12-7-3-2-4-8-15-12/h5-6,9,12,15H,2-4,7-8,10H2,1H3,(H,17,18). The normalized spacial score (nSPS) is 19.5. The fourth-order valence-corrected chi connectivity index (χ4v) is 2.30. The van der Waals surface area contributed by atoms with E-state index in [-0.39, 0.29) is 11.9 Å². The maximum absolute atomic E-state index is 12.1. The van der Waals surface area contributed by atoms with E-state index in [0.717, 1.165) is 31.4 Å². The van der Waals surface area contributed by atoms with Gasteiger partial charge in [0.05, 0.1) is 13.2 Å². The third-order valence-corrected chi connectivity index (χ3v) is 3.37. The molecule has 5 heteroatoms. The van der Waals surface area contributed by atoms with E-state index in [4.69, 9.17) is 4.74 Å². The summed E-state index contributed by atoms with van der Waals surface area (Å²) in [5.74, 6) is 0.629. The van der Waals surface area contributed by atoms with Gasteiger partial charge in [-0.05, 0) is 25.5 Å². The highest BCUT2D eigenvalue weighted by Gasteiger charge is 2.19. The summed E-state index contributed by atoms with van der Waals surface area (Å²) in [6.45, 7) is 1.38. The van der Waals surface area contributed by atoms with Gasteiger partial charge in [0.15, 0.2) is 0 Å². The molecule has 0 spiro atoms. The third-order valence-electron chi connectivity index (χ3n) is 3.37. The summed E-state index contributed by atoms with van der Waals surface area (Å²) in [4.78, 5) is 16.2. The van der Waals surface area contributed by atoms with E-state index in [1.54, 1.807) is 13.3 Å². The lowest BCUT2D eigenvalue weighted by atomic mass is 10.1. The molecule has 1 aliphatic rings. The monoisotopic (exact) mass is 263 g/mol. The second-order valence-corrected chi connectivity index (χ2v) is 4.75. The molecular formula is C14H21N3O2. The fourth-order valence-electron chi connectivity index (χ4n) is 2.30. The molecule has 5 nitrogen and oxygen atoms in total. The highest BCUT2D eigenvalue weighted by atomic mass is 16.5. The number of carbonyl (C=O) groups is 1. The molecule has 0 aliphatic carbocycles. The van der Waals surface area contributed by atoms with Crippen LogP contribution in [0.4, 0.5) is 0 Å². The van der Waals surface area contributed by atoms with Crippen molar-refractivity contribution in [2.75, 3.05) is 13.7 Å². The molecule has 1 fully saturated rings. The minimum Gasteiger partial charge on any atom is -0.481 e. The van der Waals surface area contributed by atoms with Gasteiger partial charge in [-0.1, -0.05) is 18.9 Å². The number of pyridine rings is 1. The number of rotatable bonds is 4. The van der Waals surface area contributed by atoms with Crippen molar-refractivity contribution in [1.29, 1.82) is 0 Å². The summed E-state index contributed by atoms with van der Waals surface area (Å²) in [7, 11) is 1.58. The van der Waals surface area contributed by atoms with E-state index in [2.05, 4.69) is 15.6 Å². The van der Waals surface area contributed by atoms with E-state index < -0.39 is 0 Å². The lowest BCUT2D eigenvalue weighted by Gasteiger charge is -2.16. The number of hydrogen-bond donors (Lipinski definition) is 2.